The molecule has 0 atom stereocenters. The average molecular weight is 517 g/mol. The highest BCUT2D eigenvalue weighted by atomic mass is 16.5. The van der Waals surface area contributed by atoms with E-state index < -0.39 is 0 Å². The van der Waals surface area contributed by atoms with Crippen LogP contribution in [0.2, 0.25) is 0 Å². The fraction of sp³-hybridized carbons (Fsp3) is 0.788. The number of carbonyl (C=O) groups excluding carboxylic acids is 1. The fourth-order valence-electron chi connectivity index (χ4n) is 5.23. The first kappa shape index (κ1) is 33.3. The van der Waals surface area contributed by atoms with Gasteiger partial charge in [0, 0.05) is 13.1 Å². The van der Waals surface area contributed by atoms with Crippen LogP contribution in [0.5, 0.6) is 5.75 Å². The van der Waals surface area contributed by atoms with Crippen molar-refractivity contribution < 1.29 is 9.53 Å². The molecule has 0 aliphatic carbocycles. The molecule has 0 aliphatic heterocycles. The van der Waals surface area contributed by atoms with Gasteiger partial charge in [-0.2, -0.15) is 0 Å². The van der Waals surface area contributed by atoms with E-state index in [-0.39, 0.29) is 12.3 Å². The molecule has 1 aromatic carbocycles. The van der Waals surface area contributed by atoms with Crippen molar-refractivity contribution in [2.75, 3.05) is 25.1 Å². The molecule has 1 aromatic rings. The summed E-state index contributed by atoms with van der Waals surface area (Å²) in [6, 6.07) is 6.08. The molecule has 0 aliphatic rings. The zero-order valence-electron chi connectivity index (χ0n) is 24.8. The van der Waals surface area contributed by atoms with Gasteiger partial charge in [0.15, 0.2) is 0 Å². The lowest BCUT2D eigenvalue weighted by Gasteiger charge is -2.27. The lowest BCUT2D eigenvalue weighted by atomic mass is 10.1. The van der Waals surface area contributed by atoms with Crippen molar-refractivity contribution in [1.29, 1.82) is 0 Å². The van der Waals surface area contributed by atoms with Gasteiger partial charge in [0.2, 0.25) is 5.91 Å². The third-order valence-corrected chi connectivity index (χ3v) is 7.53. The number of anilines is 1. The number of benzene rings is 1. The van der Waals surface area contributed by atoms with E-state index in [0.29, 0.717) is 0 Å². The highest BCUT2D eigenvalue weighted by Crippen LogP contribution is 2.30. The van der Waals surface area contributed by atoms with Crippen LogP contribution in [0.15, 0.2) is 18.2 Å². The molecule has 214 valence electrons. The lowest BCUT2D eigenvalue weighted by molar-refractivity contribution is -0.117. The van der Waals surface area contributed by atoms with Crippen molar-refractivity contribution in [2.24, 2.45) is 5.73 Å². The van der Waals surface area contributed by atoms with Crippen LogP contribution < -0.4 is 15.4 Å². The SMILES string of the molecule is CCCCCCCCCCCCN(CCCCCCCCCCCC)c1cc(CC(N)=O)ccc1OC. The van der Waals surface area contributed by atoms with Crippen LogP contribution in [0.4, 0.5) is 5.69 Å². The van der Waals surface area contributed by atoms with Crippen LogP contribution in [0.25, 0.3) is 0 Å². The number of nitrogens with zero attached hydrogens (tertiary/aromatic N) is 1. The molecule has 0 aromatic heterocycles. The predicted molar refractivity (Wildman–Crippen MR) is 162 cm³/mol. The van der Waals surface area contributed by atoms with Gasteiger partial charge >= 0.3 is 0 Å². The molecule has 0 fully saturated rings. The molecule has 0 bridgehead atoms. The van der Waals surface area contributed by atoms with E-state index >= 15 is 0 Å². The third-order valence-electron chi connectivity index (χ3n) is 7.53. The van der Waals surface area contributed by atoms with Crippen LogP contribution in [-0.4, -0.2) is 26.1 Å². The topological polar surface area (TPSA) is 55.6 Å². The van der Waals surface area contributed by atoms with E-state index in [0.717, 1.165) is 30.1 Å². The molecule has 0 unspecified atom stereocenters. The summed E-state index contributed by atoms with van der Waals surface area (Å²) in [5.41, 5.74) is 7.57. The molecule has 1 amide bonds. The summed E-state index contributed by atoms with van der Waals surface area (Å²) in [6.07, 6.45) is 27.3. The highest BCUT2D eigenvalue weighted by Gasteiger charge is 2.14. The van der Waals surface area contributed by atoms with Gasteiger partial charge in [-0.25, -0.2) is 0 Å². The number of unbranched alkanes of at least 4 members (excludes halogenated alkanes) is 18. The van der Waals surface area contributed by atoms with Gasteiger partial charge in [-0.15, -0.1) is 0 Å². The number of hydrogen-bond donors (Lipinski definition) is 1. The normalized spacial score (nSPS) is 11.1. The first-order valence-corrected chi connectivity index (χ1v) is 15.8. The standard InChI is InChI=1S/C33H60N2O2/c1-4-6-8-10-12-14-16-18-20-22-26-35(27-23-21-19-17-15-13-11-9-7-5-2)31-28-30(29-33(34)36)24-25-32(31)37-3/h24-25,28H,4-23,26-27,29H2,1-3H3,(H2,34,36). The second-order valence-electron chi connectivity index (χ2n) is 11.0. The Kier molecular flexibility index (Phi) is 21.1. The molecule has 0 saturated carbocycles. The first-order valence-electron chi connectivity index (χ1n) is 15.8. The van der Waals surface area contributed by atoms with E-state index in [1.165, 1.54) is 128 Å². The van der Waals surface area contributed by atoms with Crippen LogP contribution in [0, 0.1) is 0 Å². The smallest absolute Gasteiger partial charge is 0.221 e. The summed E-state index contributed by atoms with van der Waals surface area (Å²) in [5.74, 6) is 0.611. The molecule has 4 nitrogen and oxygen atoms in total. The average Bonchev–Trinajstić information content (AvgIpc) is 2.89. The van der Waals surface area contributed by atoms with Crippen molar-refractivity contribution in [2.45, 2.75) is 149 Å². The van der Waals surface area contributed by atoms with Crippen molar-refractivity contribution in [1.82, 2.24) is 0 Å². The van der Waals surface area contributed by atoms with E-state index in [1.54, 1.807) is 7.11 Å². The van der Waals surface area contributed by atoms with Crippen molar-refractivity contribution in [3.8, 4) is 5.75 Å². The Morgan fingerprint density at radius 2 is 1.08 bits per heavy atom. The Bertz CT molecular complexity index is 652. The number of hydrogen-bond acceptors (Lipinski definition) is 3. The zero-order valence-corrected chi connectivity index (χ0v) is 24.8. The lowest BCUT2D eigenvalue weighted by Crippen LogP contribution is -2.26. The summed E-state index contributed by atoms with van der Waals surface area (Å²) < 4.78 is 5.73. The minimum absolute atomic E-state index is 0.279. The summed E-state index contributed by atoms with van der Waals surface area (Å²) in [7, 11) is 1.74. The Balaban J connectivity index is 2.51. The Hall–Kier alpha value is -1.71. The summed E-state index contributed by atoms with van der Waals surface area (Å²) in [5, 5.41) is 0. The fourth-order valence-corrected chi connectivity index (χ4v) is 5.23. The Morgan fingerprint density at radius 1 is 0.676 bits per heavy atom. The summed E-state index contributed by atoms with van der Waals surface area (Å²) in [4.78, 5) is 14.0. The van der Waals surface area contributed by atoms with Gasteiger partial charge in [0.25, 0.3) is 0 Å². The summed E-state index contributed by atoms with van der Waals surface area (Å²) in [6.45, 7) is 6.65. The molecule has 4 heteroatoms. The molecule has 2 N–H and O–H groups in total. The van der Waals surface area contributed by atoms with E-state index in [4.69, 9.17) is 10.5 Å². The number of methoxy groups -OCH3 is 1. The van der Waals surface area contributed by atoms with Crippen LogP contribution in [0.3, 0.4) is 0 Å². The van der Waals surface area contributed by atoms with Gasteiger partial charge in [0.05, 0.1) is 19.2 Å². The quantitative estimate of drug-likeness (QED) is 0.125. The first-order chi connectivity index (χ1) is 18.1. The Morgan fingerprint density at radius 3 is 1.46 bits per heavy atom. The third kappa shape index (κ3) is 17.4. The highest BCUT2D eigenvalue weighted by molar-refractivity contribution is 5.77. The van der Waals surface area contributed by atoms with E-state index in [1.807, 2.05) is 12.1 Å². The van der Waals surface area contributed by atoms with Crippen LogP contribution in [0.1, 0.15) is 148 Å². The van der Waals surface area contributed by atoms with Gasteiger partial charge in [-0.05, 0) is 30.5 Å². The number of amides is 1. The largest absolute Gasteiger partial charge is 0.495 e. The van der Waals surface area contributed by atoms with E-state index in [9.17, 15) is 4.79 Å². The molecular weight excluding hydrogens is 456 g/mol. The van der Waals surface area contributed by atoms with Gasteiger partial charge in [-0.1, -0.05) is 135 Å². The van der Waals surface area contributed by atoms with Gasteiger partial charge in [-0.3, -0.25) is 4.79 Å². The monoisotopic (exact) mass is 516 g/mol. The van der Waals surface area contributed by atoms with Crippen LogP contribution in [-0.2, 0) is 11.2 Å². The molecule has 0 heterocycles. The Labute approximate surface area is 230 Å². The predicted octanol–water partition coefficient (Wildman–Crippen LogP) is 9.37. The number of ether oxygens (including phenoxy) is 1. The number of rotatable bonds is 26. The van der Waals surface area contributed by atoms with E-state index in [2.05, 4.69) is 24.8 Å². The number of carbonyl (C=O) groups is 1. The molecule has 1 rings (SSSR count). The maximum absolute atomic E-state index is 11.5. The van der Waals surface area contributed by atoms with Crippen molar-refractivity contribution >= 4 is 11.6 Å². The molecular formula is C33H60N2O2. The second kappa shape index (κ2) is 23.4. The molecule has 0 spiro atoms. The van der Waals surface area contributed by atoms with Gasteiger partial charge < -0.3 is 15.4 Å². The minimum atomic E-state index is -0.285. The van der Waals surface area contributed by atoms with Gasteiger partial charge in [0.1, 0.15) is 5.75 Å². The maximum atomic E-state index is 11.5. The minimum Gasteiger partial charge on any atom is -0.495 e. The van der Waals surface area contributed by atoms with Crippen molar-refractivity contribution in [3.63, 3.8) is 0 Å². The summed E-state index contributed by atoms with van der Waals surface area (Å²) >= 11 is 0. The molecule has 37 heavy (non-hydrogen) atoms. The van der Waals surface area contributed by atoms with Crippen molar-refractivity contribution in [3.05, 3.63) is 23.8 Å². The second-order valence-corrected chi connectivity index (χ2v) is 11.0. The maximum Gasteiger partial charge on any atom is 0.221 e. The van der Waals surface area contributed by atoms with Crippen LogP contribution >= 0.6 is 0 Å². The number of primary amides is 1. The molecule has 0 saturated heterocycles. The molecule has 0 radical (unpaired) electrons. The zero-order chi connectivity index (χ0) is 27.0. The number of nitrogens with two attached hydrogens (primary N) is 1.